The molecular weight excluding hydrogens is 227 g/mol. The number of anilines is 2. The zero-order valence-corrected chi connectivity index (χ0v) is 10.4. The predicted molar refractivity (Wildman–Crippen MR) is 74.3 cm³/mol. The Balaban J connectivity index is 1.93. The Hall–Kier alpha value is -2.03. The average Bonchev–Trinajstić information content (AvgIpc) is 2.38. The van der Waals surface area contributed by atoms with Crippen LogP contribution in [0.15, 0.2) is 48.5 Å². The fourth-order valence-electron chi connectivity index (χ4n) is 1.76. The minimum Gasteiger partial charge on any atom is -0.385 e. The molecule has 2 nitrogen and oxygen atoms in total. The first kappa shape index (κ1) is 12.4. The van der Waals surface area contributed by atoms with Gasteiger partial charge in [0.25, 0.3) is 0 Å². The van der Waals surface area contributed by atoms with E-state index < -0.39 is 0 Å². The Kier molecular flexibility index (Phi) is 4.18. The summed E-state index contributed by atoms with van der Waals surface area (Å²) in [5, 5.41) is 6.50. The number of nitrogens with one attached hydrogen (secondary N) is 2. The lowest BCUT2D eigenvalue weighted by Gasteiger charge is -2.08. The van der Waals surface area contributed by atoms with Crippen molar-refractivity contribution in [2.24, 2.45) is 0 Å². The third-order valence-corrected chi connectivity index (χ3v) is 2.65. The summed E-state index contributed by atoms with van der Waals surface area (Å²) >= 11 is 0. The van der Waals surface area contributed by atoms with Crippen LogP contribution >= 0.6 is 0 Å². The van der Waals surface area contributed by atoms with Crippen LogP contribution in [0.1, 0.15) is 12.5 Å². The highest BCUT2D eigenvalue weighted by Gasteiger charge is 1.96. The van der Waals surface area contributed by atoms with E-state index >= 15 is 0 Å². The van der Waals surface area contributed by atoms with E-state index in [0.717, 1.165) is 23.5 Å². The maximum absolute atomic E-state index is 13.0. The SMILES string of the molecule is CCNc1ccc(NCc2cccc(F)c2)cc1. The first-order chi connectivity index (χ1) is 8.78. The highest BCUT2D eigenvalue weighted by atomic mass is 19.1. The molecule has 0 spiro atoms. The Bertz CT molecular complexity index is 494. The lowest BCUT2D eigenvalue weighted by molar-refractivity contribution is 0.626. The quantitative estimate of drug-likeness (QED) is 0.834. The van der Waals surface area contributed by atoms with Crippen molar-refractivity contribution in [3.8, 4) is 0 Å². The van der Waals surface area contributed by atoms with Crippen molar-refractivity contribution in [1.82, 2.24) is 0 Å². The third-order valence-electron chi connectivity index (χ3n) is 2.65. The van der Waals surface area contributed by atoms with Gasteiger partial charge in [0.2, 0.25) is 0 Å². The molecule has 0 aromatic heterocycles. The summed E-state index contributed by atoms with van der Waals surface area (Å²) in [4.78, 5) is 0. The molecule has 94 valence electrons. The molecule has 0 saturated heterocycles. The second-order valence-corrected chi connectivity index (χ2v) is 4.09. The molecule has 18 heavy (non-hydrogen) atoms. The van der Waals surface area contributed by atoms with Crippen LogP contribution in [0.5, 0.6) is 0 Å². The maximum atomic E-state index is 13.0. The van der Waals surface area contributed by atoms with Crippen molar-refractivity contribution >= 4 is 11.4 Å². The van der Waals surface area contributed by atoms with Gasteiger partial charge >= 0.3 is 0 Å². The molecule has 2 N–H and O–H groups in total. The summed E-state index contributed by atoms with van der Waals surface area (Å²) in [6.45, 7) is 3.60. The van der Waals surface area contributed by atoms with Crippen LogP contribution in [-0.4, -0.2) is 6.54 Å². The number of benzene rings is 2. The molecule has 0 amide bonds. The molecule has 0 aliphatic heterocycles. The molecule has 0 fully saturated rings. The van der Waals surface area contributed by atoms with E-state index in [2.05, 4.69) is 17.6 Å². The molecule has 0 atom stereocenters. The Labute approximate surface area is 107 Å². The molecule has 0 unspecified atom stereocenters. The fourth-order valence-corrected chi connectivity index (χ4v) is 1.76. The number of hydrogen-bond donors (Lipinski definition) is 2. The maximum Gasteiger partial charge on any atom is 0.123 e. The Morgan fingerprint density at radius 2 is 1.61 bits per heavy atom. The van der Waals surface area contributed by atoms with Gasteiger partial charge in [0.15, 0.2) is 0 Å². The van der Waals surface area contributed by atoms with Crippen molar-refractivity contribution in [2.45, 2.75) is 13.5 Å². The van der Waals surface area contributed by atoms with Gasteiger partial charge in [-0.1, -0.05) is 12.1 Å². The first-order valence-electron chi connectivity index (χ1n) is 6.10. The van der Waals surface area contributed by atoms with E-state index in [1.54, 1.807) is 12.1 Å². The smallest absolute Gasteiger partial charge is 0.123 e. The van der Waals surface area contributed by atoms with E-state index in [1.165, 1.54) is 6.07 Å². The van der Waals surface area contributed by atoms with Crippen LogP contribution in [0.3, 0.4) is 0 Å². The summed E-state index contributed by atoms with van der Waals surface area (Å²) in [7, 11) is 0. The zero-order chi connectivity index (χ0) is 12.8. The molecule has 0 aliphatic carbocycles. The van der Waals surface area contributed by atoms with Crippen LogP contribution in [0.25, 0.3) is 0 Å². The standard InChI is InChI=1S/C15H17FN2/c1-2-17-14-6-8-15(9-7-14)18-11-12-4-3-5-13(16)10-12/h3-10,17-18H,2,11H2,1H3. The van der Waals surface area contributed by atoms with E-state index in [-0.39, 0.29) is 5.82 Å². The molecule has 0 radical (unpaired) electrons. The number of halogens is 1. The van der Waals surface area contributed by atoms with Crippen LogP contribution in [0.2, 0.25) is 0 Å². The minimum atomic E-state index is -0.197. The molecule has 2 rings (SSSR count). The molecule has 2 aromatic rings. The first-order valence-corrected chi connectivity index (χ1v) is 6.10. The molecule has 0 heterocycles. The van der Waals surface area contributed by atoms with Crippen molar-refractivity contribution in [3.05, 3.63) is 59.9 Å². The van der Waals surface area contributed by atoms with Crippen LogP contribution < -0.4 is 10.6 Å². The summed E-state index contributed by atoms with van der Waals surface area (Å²) in [6, 6.07) is 14.7. The largest absolute Gasteiger partial charge is 0.385 e. The van der Waals surface area contributed by atoms with Crippen LogP contribution in [0, 0.1) is 5.82 Å². The summed E-state index contributed by atoms with van der Waals surface area (Å²) in [5.74, 6) is -0.197. The van der Waals surface area contributed by atoms with Gasteiger partial charge in [-0.05, 0) is 48.9 Å². The van der Waals surface area contributed by atoms with Gasteiger partial charge in [-0.3, -0.25) is 0 Å². The van der Waals surface area contributed by atoms with E-state index in [9.17, 15) is 4.39 Å². The predicted octanol–water partition coefficient (Wildman–Crippen LogP) is 3.87. The Morgan fingerprint density at radius 1 is 0.944 bits per heavy atom. The number of hydrogen-bond acceptors (Lipinski definition) is 2. The van der Waals surface area contributed by atoms with Gasteiger partial charge in [0.05, 0.1) is 0 Å². The summed E-state index contributed by atoms with van der Waals surface area (Å²) < 4.78 is 13.0. The topological polar surface area (TPSA) is 24.1 Å². The lowest BCUT2D eigenvalue weighted by Crippen LogP contribution is -2.00. The van der Waals surface area contributed by atoms with Crippen LogP contribution in [0.4, 0.5) is 15.8 Å². The molecular formula is C15H17FN2. The lowest BCUT2D eigenvalue weighted by atomic mass is 10.2. The molecule has 3 heteroatoms. The Morgan fingerprint density at radius 3 is 2.22 bits per heavy atom. The molecule has 0 aliphatic rings. The second kappa shape index (κ2) is 6.05. The van der Waals surface area contributed by atoms with Crippen molar-refractivity contribution in [3.63, 3.8) is 0 Å². The van der Waals surface area contributed by atoms with Gasteiger partial charge in [-0.2, -0.15) is 0 Å². The highest BCUT2D eigenvalue weighted by Crippen LogP contribution is 2.14. The molecule has 0 bridgehead atoms. The van der Waals surface area contributed by atoms with E-state index in [1.807, 2.05) is 30.3 Å². The van der Waals surface area contributed by atoms with Crippen LogP contribution in [-0.2, 0) is 6.54 Å². The highest BCUT2D eigenvalue weighted by molar-refractivity contribution is 5.53. The van der Waals surface area contributed by atoms with Gasteiger partial charge in [0, 0.05) is 24.5 Å². The van der Waals surface area contributed by atoms with Gasteiger partial charge in [-0.25, -0.2) is 4.39 Å². The average molecular weight is 244 g/mol. The van der Waals surface area contributed by atoms with Gasteiger partial charge in [0.1, 0.15) is 5.82 Å². The second-order valence-electron chi connectivity index (χ2n) is 4.09. The summed E-state index contributed by atoms with van der Waals surface area (Å²) in [5.41, 5.74) is 3.07. The number of rotatable bonds is 5. The molecule has 2 aromatic carbocycles. The molecule has 0 saturated carbocycles. The van der Waals surface area contributed by atoms with Gasteiger partial charge < -0.3 is 10.6 Å². The van der Waals surface area contributed by atoms with Crippen molar-refractivity contribution in [1.29, 1.82) is 0 Å². The summed E-state index contributed by atoms with van der Waals surface area (Å²) in [6.07, 6.45) is 0. The van der Waals surface area contributed by atoms with Crippen molar-refractivity contribution < 1.29 is 4.39 Å². The monoisotopic (exact) mass is 244 g/mol. The third kappa shape index (κ3) is 3.48. The minimum absolute atomic E-state index is 0.197. The fraction of sp³-hybridized carbons (Fsp3) is 0.200. The van der Waals surface area contributed by atoms with E-state index in [0.29, 0.717) is 6.54 Å². The van der Waals surface area contributed by atoms with Crippen molar-refractivity contribution in [2.75, 3.05) is 17.2 Å². The van der Waals surface area contributed by atoms with Gasteiger partial charge in [-0.15, -0.1) is 0 Å². The van der Waals surface area contributed by atoms with E-state index in [4.69, 9.17) is 0 Å². The normalized spacial score (nSPS) is 10.1. The zero-order valence-electron chi connectivity index (χ0n) is 10.4.